The van der Waals surface area contributed by atoms with Gasteiger partial charge in [-0.3, -0.25) is 4.98 Å². The molecule has 0 bridgehead atoms. The van der Waals surface area contributed by atoms with E-state index in [1.807, 2.05) is 38.1 Å². The second-order valence-electron chi connectivity index (χ2n) is 4.32. The van der Waals surface area contributed by atoms with E-state index in [-0.39, 0.29) is 6.10 Å². The number of hydrogen-bond donors (Lipinski definition) is 1. The largest absolute Gasteiger partial charge is 0.490 e. The standard InChI is InChI=1S/C14H18N2O2/c1-10(2)17-8-9-18-13-6-5-12(15)14-11(13)4-3-7-16-14/h3-7,10H,8-9,15H2,1-2H3. The van der Waals surface area contributed by atoms with Gasteiger partial charge in [0.05, 0.1) is 23.9 Å². The lowest BCUT2D eigenvalue weighted by Gasteiger charge is -2.11. The summed E-state index contributed by atoms with van der Waals surface area (Å²) in [5.41, 5.74) is 7.32. The Morgan fingerprint density at radius 2 is 2.06 bits per heavy atom. The van der Waals surface area contributed by atoms with Gasteiger partial charge < -0.3 is 15.2 Å². The minimum absolute atomic E-state index is 0.221. The molecular weight excluding hydrogens is 228 g/mol. The molecule has 18 heavy (non-hydrogen) atoms. The van der Waals surface area contributed by atoms with Crippen LogP contribution in [0.3, 0.4) is 0 Å². The van der Waals surface area contributed by atoms with E-state index < -0.39 is 0 Å². The van der Waals surface area contributed by atoms with E-state index in [2.05, 4.69) is 4.98 Å². The molecule has 96 valence electrons. The van der Waals surface area contributed by atoms with Gasteiger partial charge in [0.25, 0.3) is 0 Å². The Hall–Kier alpha value is -1.81. The van der Waals surface area contributed by atoms with Gasteiger partial charge in [0.2, 0.25) is 0 Å². The van der Waals surface area contributed by atoms with Crippen LogP contribution < -0.4 is 10.5 Å². The Morgan fingerprint density at radius 3 is 2.83 bits per heavy atom. The lowest BCUT2D eigenvalue weighted by Crippen LogP contribution is -2.11. The van der Waals surface area contributed by atoms with Gasteiger partial charge >= 0.3 is 0 Å². The Labute approximate surface area is 107 Å². The fourth-order valence-electron chi connectivity index (χ4n) is 1.73. The summed E-state index contributed by atoms with van der Waals surface area (Å²) in [5, 5.41) is 0.932. The van der Waals surface area contributed by atoms with Gasteiger partial charge in [0.1, 0.15) is 12.4 Å². The number of hydrogen-bond acceptors (Lipinski definition) is 4. The molecule has 0 saturated carbocycles. The summed E-state index contributed by atoms with van der Waals surface area (Å²) < 4.78 is 11.1. The molecule has 0 spiro atoms. The topological polar surface area (TPSA) is 57.4 Å². The molecule has 0 aliphatic carbocycles. The van der Waals surface area contributed by atoms with Crippen LogP contribution in [0.4, 0.5) is 5.69 Å². The van der Waals surface area contributed by atoms with Crippen molar-refractivity contribution in [3.63, 3.8) is 0 Å². The van der Waals surface area contributed by atoms with Gasteiger partial charge in [0, 0.05) is 11.6 Å². The summed E-state index contributed by atoms with van der Waals surface area (Å²) in [5.74, 6) is 0.791. The number of pyridine rings is 1. The van der Waals surface area contributed by atoms with E-state index >= 15 is 0 Å². The van der Waals surface area contributed by atoms with Crippen molar-refractivity contribution in [2.45, 2.75) is 20.0 Å². The van der Waals surface area contributed by atoms with Crippen molar-refractivity contribution < 1.29 is 9.47 Å². The zero-order valence-electron chi connectivity index (χ0n) is 10.7. The molecule has 2 rings (SSSR count). The van der Waals surface area contributed by atoms with Crippen molar-refractivity contribution in [1.29, 1.82) is 0 Å². The van der Waals surface area contributed by atoms with Crippen LogP contribution in [0, 0.1) is 0 Å². The summed E-state index contributed by atoms with van der Waals surface area (Å²) >= 11 is 0. The van der Waals surface area contributed by atoms with Gasteiger partial charge in [-0.2, -0.15) is 0 Å². The highest BCUT2D eigenvalue weighted by molar-refractivity contribution is 5.93. The molecule has 2 aromatic rings. The maximum Gasteiger partial charge on any atom is 0.128 e. The molecule has 1 aromatic carbocycles. The number of aromatic nitrogens is 1. The Morgan fingerprint density at radius 1 is 1.22 bits per heavy atom. The van der Waals surface area contributed by atoms with E-state index in [4.69, 9.17) is 15.2 Å². The summed E-state index contributed by atoms with van der Waals surface area (Å²) in [7, 11) is 0. The molecule has 0 aliphatic heterocycles. The first-order valence-corrected chi connectivity index (χ1v) is 6.06. The highest BCUT2D eigenvalue weighted by atomic mass is 16.5. The maximum atomic E-state index is 5.88. The zero-order chi connectivity index (χ0) is 13.0. The average Bonchev–Trinajstić information content (AvgIpc) is 2.37. The first-order valence-electron chi connectivity index (χ1n) is 6.06. The molecule has 4 nitrogen and oxygen atoms in total. The van der Waals surface area contributed by atoms with Crippen LogP contribution in [0.2, 0.25) is 0 Å². The number of fused-ring (bicyclic) bond motifs is 1. The third kappa shape index (κ3) is 2.90. The second kappa shape index (κ2) is 5.69. The number of rotatable bonds is 5. The molecule has 0 unspecified atom stereocenters. The third-order valence-electron chi connectivity index (χ3n) is 2.55. The van der Waals surface area contributed by atoms with E-state index in [0.29, 0.717) is 18.9 Å². The molecule has 1 aromatic heterocycles. The van der Waals surface area contributed by atoms with Crippen LogP contribution >= 0.6 is 0 Å². The van der Waals surface area contributed by atoms with Crippen molar-refractivity contribution >= 4 is 16.6 Å². The van der Waals surface area contributed by atoms with Gasteiger partial charge in [0.15, 0.2) is 0 Å². The SMILES string of the molecule is CC(C)OCCOc1ccc(N)c2ncccc12. The maximum absolute atomic E-state index is 5.88. The molecule has 4 heteroatoms. The van der Waals surface area contributed by atoms with Crippen molar-refractivity contribution in [1.82, 2.24) is 4.98 Å². The Kier molecular flexibility index (Phi) is 3.99. The first-order chi connectivity index (χ1) is 8.68. The number of benzene rings is 1. The van der Waals surface area contributed by atoms with E-state index in [9.17, 15) is 0 Å². The van der Waals surface area contributed by atoms with Gasteiger partial charge in [-0.1, -0.05) is 0 Å². The monoisotopic (exact) mass is 246 g/mol. The summed E-state index contributed by atoms with van der Waals surface area (Å²) in [6, 6.07) is 7.51. The molecule has 0 saturated heterocycles. The van der Waals surface area contributed by atoms with E-state index in [1.165, 1.54) is 0 Å². The number of anilines is 1. The first kappa shape index (κ1) is 12.6. The lowest BCUT2D eigenvalue weighted by atomic mass is 10.2. The molecule has 0 aliphatic rings. The zero-order valence-corrected chi connectivity index (χ0v) is 10.7. The van der Waals surface area contributed by atoms with Crippen LogP contribution in [0.25, 0.3) is 10.9 Å². The van der Waals surface area contributed by atoms with E-state index in [1.54, 1.807) is 6.20 Å². The summed E-state index contributed by atoms with van der Waals surface area (Å²) in [4.78, 5) is 4.26. The predicted octanol–water partition coefficient (Wildman–Crippen LogP) is 2.62. The van der Waals surface area contributed by atoms with Gasteiger partial charge in [-0.05, 0) is 38.1 Å². The van der Waals surface area contributed by atoms with Crippen LogP contribution in [0.15, 0.2) is 30.5 Å². The molecule has 0 fully saturated rings. The van der Waals surface area contributed by atoms with E-state index in [0.717, 1.165) is 16.7 Å². The van der Waals surface area contributed by atoms with Gasteiger partial charge in [-0.25, -0.2) is 0 Å². The minimum Gasteiger partial charge on any atom is -0.490 e. The quantitative estimate of drug-likeness (QED) is 0.651. The fraction of sp³-hybridized carbons (Fsp3) is 0.357. The molecule has 0 atom stereocenters. The van der Waals surface area contributed by atoms with Crippen molar-refractivity contribution in [3.05, 3.63) is 30.5 Å². The molecule has 1 heterocycles. The lowest BCUT2D eigenvalue weighted by molar-refractivity contribution is 0.0556. The van der Waals surface area contributed by atoms with Crippen LogP contribution in [0.5, 0.6) is 5.75 Å². The summed E-state index contributed by atoms with van der Waals surface area (Å²) in [6.45, 7) is 5.10. The highest BCUT2D eigenvalue weighted by Crippen LogP contribution is 2.28. The normalized spacial score (nSPS) is 11.1. The Balaban J connectivity index is 2.11. The van der Waals surface area contributed by atoms with Crippen LogP contribution in [-0.4, -0.2) is 24.3 Å². The molecule has 0 radical (unpaired) electrons. The Bertz CT molecular complexity index is 526. The highest BCUT2D eigenvalue weighted by Gasteiger charge is 2.05. The number of nitrogen functional groups attached to an aromatic ring is 1. The summed E-state index contributed by atoms with van der Waals surface area (Å²) in [6.07, 6.45) is 1.95. The predicted molar refractivity (Wildman–Crippen MR) is 72.7 cm³/mol. The van der Waals surface area contributed by atoms with Crippen LogP contribution in [0.1, 0.15) is 13.8 Å². The molecule has 0 amide bonds. The van der Waals surface area contributed by atoms with Crippen molar-refractivity contribution in [3.8, 4) is 5.75 Å². The van der Waals surface area contributed by atoms with Crippen LogP contribution in [-0.2, 0) is 4.74 Å². The minimum atomic E-state index is 0.221. The molecule has 2 N–H and O–H groups in total. The van der Waals surface area contributed by atoms with Crippen molar-refractivity contribution in [2.75, 3.05) is 18.9 Å². The molecular formula is C14H18N2O2. The third-order valence-corrected chi connectivity index (χ3v) is 2.55. The van der Waals surface area contributed by atoms with Gasteiger partial charge in [-0.15, -0.1) is 0 Å². The van der Waals surface area contributed by atoms with Crippen molar-refractivity contribution in [2.24, 2.45) is 0 Å². The smallest absolute Gasteiger partial charge is 0.128 e. The number of nitrogens with zero attached hydrogens (tertiary/aromatic N) is 1. The fourth-order valence-corrected chi connectivity index (χ4v) is 1.73. The number of ether oxygens (including phenoxy) is 2. The second-order valence-corrected chi connectivity index (χ2v) is 4.32. The number of nitrogens with two attached hydrogens (primary N) is 1. The average molecular weight is 246 g/mol.